The average Bonchev–Trinajstić information content (AvgIpc) is 2.27. The van der Waals surface area contributed by atoms with Crippen LogP contribution in [-0.4, -0.2) is 60.5 Å². The van der Waals surface area contributed by atoms with E-state index in [1.165, 1.54) is 12.8 Å². The van der Waals surface area contributed by atoms with E-state index in [1.54, 1.807) is 0 Å². The highest BCUT2D eigenvalue weighted by Gasteiger charge is 2.26. The molecule has 1 amide bonds. The lowest BCUT2D eigenvalue weighted by molar-refractivity contribution is -0.134. The van der Waals surface area contributed by atoms with Crippen molar-refractivity contribution in [1.29, 1.82) is 0 Å². The van der Waals surface area contributed by atoms with E-state index in [-0.39, 0.29) is 0 Å². The number of nitrogens with one attached hydrogen (secondary N) is 1. The first kappa shape index (κ1) is 13.8. The average molecular weight is 253 g/mol. The van der Waals surface area contributed by atoms with Crippen LogP contribution in [0.5, 0.6) is 0 Å². The second-order valence-corrected chi connectivity index (χ2v) is 6.25. The van der Waals surface area contributed by atoms with E-state index in [1.807, 2.05) is 0 Å². The Morgan fingerprint density at radius 3 is 2.44 bits per heavy atom. The number of carbonyl (C=O) groups excluding carboxylic acids is 1. The Hall–Kier alpha value is -0.610. The number of nitrogens with zero attached hydrogens (tertiary/aromatic N) is 2. The van der Waals surface area contributed by atoms with E-state index < -0.39 is 0 Å². The maximum atomic E-state index is 12.3. The van der Waals surface area contributed by atoms with Crippen LogP contribution in [0, 0.1) is 5.92 Å². The predicted octanol–water partition coefficient (Wildman–Crippen LogP) is 0.927. The maximum Gasteiger partial charge on any atom is 0.236 e. The fourth-order valence-electron chi connectivity index (χ4n) is 3.28. The summed E-state index contributed by atoms with van der Waals surface area (Å²) in [6, 6.07) is 0.976. The van der Waals surface area contributed by atoms with Crippen LogP contribution in [0.25, 0.3) is 0 Å². The van der Waals surface area contributed by atoms with Crippen molar-refractivity contribution in [3.63, 3.8) is 0 Å². The van der Waals surface area contributed by atoms with Gasteiger partial charge in [-0.3, -0.25) is 9.69 Å². The predicted molar refractivity (Wildman–Crippen MR) is 73.5 cm³/mol. The Balaban J connectivity index is 1.83. The molecule has 0 aromatic rings. The van der Waals surface area contributed by atoms with E-state index >= 15 is 0 Å². The van der Waals surface area contributed by atoms with Gasteiger partial charge in [0.2, 0.25) is 5.91 Å². The van der Waals surface area contributed by atoms with Crippen LogP contribution in [0.4, 0.5) is 0 Å². The minimum Gasteiger partial charge on any atom is -0.341 e. The molecule has 2 fully saturated rings. The van der Waals surface area contributed by atoms with Crippen molar-refractivity contribution in [2.75, 3.05) is 32.7 Å². The summed E-state index contributed by atoms with van der Waals surface area (Å²) >= 11 is 0. The van der Waals surface area contributed by atoms with Gasteiger partial charge in [-0.15, -0.1) is 0 Å². The molecule has 2 aliphatic heterocycles. The van der Waals surface area contributed by atoms with E-state index in [0.29, 0.717) is 30.5 Å². The maximum absolute atomic E-state index is 12.3. The fourth-order valence-corrected chi connectivity index (χ4v) is 3.28. The van der Waals surface area contributed by atoms with Crippen molar-refractivity contribution >= 4 is 5.91 Å². The van der Waals surface area contributed by atoms with Gasteiger partial charge < -0.3 is 10.2 Å². The summed E-state index contributed by atoms with van der Waals surface area (Å²) in [5, 5.41) is 3.50. The lowest BCUT2D eigenvalue weighted by atomic mass is 10.0. The number of carbonyl (C=O) groups is 1. The van der Waals surface area contributed by atoms with Crippen molar-refractivity contribution in [3.8, 4) is 0 Å². The molecular weight excluding hydrogens is 226 g/mol. The summed E-state index contributed by atoms with van der Waals surface area (Å²) in [4.78, 5) is 16.6. The number of likely N-dealkylation sites (tertiary alicyclic amines) is 1. The normalized spacial score (nSPS) is 34.6. The SMILES string of the molecule is CC1CCCN(C(=O)CN2CC(C)NC(C)C2)C1. The van der Waals surface area contributed by atoms with Crippen molar-refractivity contribution < 1.29 is 4.79 Å². The van der Waals surface area contributed by atoms with Crippen LogP contribution in [-0.2, 0) is 4.79 Å². The molecule has 104 valence electrons. The van der Waals surface area contributed by atoms with Crippen LogP contribution >= 0.6 is 0 Å². The first-order valence-corrected chi connectivity index (χ1v) is 7.30. The van der Waals surface area contributed by atoms with Gasteiger partial charge in [0.1, 0.15) is 0 Å². The molecule has 0 bridgehead atoms. The second-order valence-electron chi connectivity index (χ2n) is 6.25. The highest BCUT2D eigenvalue weighted by Crippen LogP contribution is 2.16. The van der Waals surface area contributed by atoms with Gasteiger partial charge in [0.15, 0.2) is 0 Å². The van der Waals surface area contributed by atoms with Gasteiger partial charge in [0.05, 0.1) is 6.54 Å². The zero-order chi connectivity index (χ0) is 13.1. The molecular formula is C14H27N3O. The highest BCUT2D eigenvalue weighted by molar-refractivity contribution is 5.78. The fraction of sp³-hybridized carbons (Fsp3) is 0.929. The minimum absolute atomic E-state index is 0.322. The molecule has 3 atom stereocenters. The smallest absolute Gasteiger partial charge is 0.236 e. The third-order valence-electron chi connectivity index (χ3n) is 4.00. The molecule has 0 radical (unpaired) electrons. The first-order valence-electron chi connectivity index (χ1n) is 7.30. The van der Waals surface area contributed by atoms with Gasteiger partial charge in [-0.1, -0.05) is 6.92 Å². The molecule has 0 saturated carbocycles. The number of amides is 1. The number of hydrogen-bond donors (Lipinski definition) is 1. The summed E-state index contributed by atoms with van der Waals surface area (Å²) in [7, 11) is 0. The van der Waals surface area contributed by atoms with Crippen LogP contribution in [0.3, 0.4) is 0 Å². The number of rotatable bonds is 2. The van der Waals surface area contributed by atoms with Crippen molar-refractivity contribution in [2.45, 2.75) is 45.7 Å². The molecule has 0 aromatic heterocycles. The Kier molecular flexibility index (Phi) is 4.62. The van der Waals surface area contributed by atoms with Gasteiger partial charge >= 0.3 is 0 Å². The Labute approximate surface area is 111 Å². The van der Waals surface area contributed by atoms with Gasteiger partial charge in [-0.2, -0.15) is 0 Å². The monoisotopic (exact) mass is 253 g/mol. The first-order chi connectivity index (χ1) is 8.54. The van der Waals surface area contributed by atoms with Gasteiger partial charge in [0.25, 0.3) is 0 Å². The number of piperazine rings is 1. The molecule has 1 N–H and O–H groups in total. The summed E-state index contributed by atoms with van der Waals surface area (Å²) in [5.41, 5.74) is 0. The second kappa shape index (κ2) is 6.02. The number of piperidine rings is 1. The van der Waals surface area contributed by atoms with E-state index in [9.17, 15) is 4.79 Å². The lowest BCUT2D eigenvalue weighted by Crippen LogP contribution is -2.56. The molecule has 3 unspecified atom stereocenters. The zero-order valence-corrected chi connectivity index (χ0v) is 12.0. The van der Waals surface area contributed by atoms with Crippen molar-refractivity contribution in [3.05, 3.63) is 0 Å². The molecule has 4 heteroatoms. The molecule has 18 heavy (non-hydrogen) atoms. The summed E-state index contributed by atoms with van der Waals surface area (Å²) in [5.74, 6) is 0.992. The third kappa shape index (κ3) is 3.69. The Morgan fingerprint density at radius 1 is 1.17 bits per heavy atom. The van der Waals surface area contributed by atoms with Gasteiger partial charge in [-0.05, 0) is 32.6 Å². The Bertz CT molecular complexity index is 285. The molecule has 2 heterocycles. The molecule has 2 aliphatic rings. The van der Waals surface area contributed by atoms with E-state index in [0.717, 1.165) is 26.2 Å². The quantitative estimate of drug-likeness (QED) is 0.795. The van der Waals surface area contributed by atoms with Crippen LogP contribution in [0.2, 0.25) is 0 Å². The molecule has 0 aromatic carbocycles. The van der Waals surface area contributed by atoms with Gasteiger partial charge in [0, 0.05) is 38.3 Å². The van der Waals surface area contributed by atoms with Gasteiger partial charge in [-0.25, -0.2) is 0 Å². The molecule has 0 spiro atoms. The third-order valence-corrected chi connectivity index (χ3v) is 4.00. The van der Waals surface area contributed by atoms with Crippen molar-refractivity contribution in [2.24, 2.45) is 5.92 Å². The minimum atomic E-state index is 0.322. The summed E-state index contributed by atoms with van der Waals surface area (Å²) in [6.45, 7) is 11.1. The standard InChI is InChI=1S/C14H27N3O/c1-11-5-4-6-17(7-11)14(18)10-16-8-12(2)15-13(3)9-16/h11-13,15H,4-10H2,1-3H3. The molecule has 0 aliphatic carbocycles. The lowest BCUT2D eigenvalue weighted by Gasteiger charge is -2.38. The van der Waals surface area contributed by atoms with Crippen LogP contribution in [0.15, 0.2) is 0 Å². The van der Waals surface area contributed by atoms with Crippen LogP contribution in [0.1, 0.15) is 33.6 Å². The Morgan fingerprint density at radius 2 is 1.83 bits per heavy atom. The zero-order valence-electron chi connectivity index (χ0n) is 12.0. The topological polar surface area (TPSA) is 35.6 Å². The van der Waals surface area contributed by atoms with E-state index in [2.05, 4.69) is 35.9 Å². The summed E-state index contributed by atoms with van der Waals surface area (Å²) in [6.07, 6.45) is 2.44. The molecule has 2 saturated heterocycles. The van der Waals surface area contributed by atoms with Crippen molar-refractivity contribution in [1.82, 2.24) is 15.1 Å². The highest BCUT2D eigenvalue weighted by atomic mass is 16.2. The molecule has 4 nitrogen and oxygen atoms in total. The number of hydrogen-bond acceptors (Lipinski definition) is 3. The largest absolute Gasteiger partial charge is 0.341 e. The summed E-state index contributed by atoms with van der Waals surface area (Å²) < 4.78 is 0. The van der Waals surface area contributed by atoms with E-state index in [4.69, 9.17) is 0 Å². The molecule has 2 rings (SSSR count). The van der Waals surface area contributed by atoms with Crippen LogP contribution < -0.4 is 5.32 Å².